The van der Waals surface area contributed by atoms with E-state index in [9.17, 15) is 0 Å². The Morgan fingerprint density at radius 1 is 1.33 bits per heavy atom. The van der Waals surface area contributed by atoms with Gasteiger partial charge in [-0.25, -0.2) is 0 Å². The summed E-state index contributed by atoms with van der Waals surface area (Å²) in [6, 6.07) is 8.50. The van der Waals surface area contributed by atoms with Crippen LogP contribution in [0.3, 0.4) is 0 Å². The summed E-state index contributed by atoms with van der Waals surface area (Å²) < 4.78 is 7.62. The molecule has 0 fully saturated rings. The molecule has 2 heterocycles. The van der Waals surface area contributed by atoms with Gasteiger partial charge in [0.15, 0.2) is 0 Å². The van der Waals surface area contributed by atoms with E-state index in [0.29, 0.717) is 6.61 Å². The van der Waals surface area contributed by atoms with Crippen molar-refractivity contribution >= 4 is 0 Å². The summed E-state index contributed by atoms with van der Waals surface area (Å²) in [6.07, 6.45) is 2.11. The number of aromatic nitrogens is 2. The minimum absolute atomic E-state index is 0.0579. The van der Waals surface area contributed by atoms with E-state index in [0.717, 1.165) is 18.0 Å². The number of benzene rings is 1. The van der Waals surface area contributed by atoms with Gasteiger partial charge in [0.05, 0.1) is 11.7 Å². The zero-order valence-electron chi connectivity index (χ0n) is 13.2. The molecule has 0 saturated carbocycles. The zero-order chi connectivity index (χ0) is 15.0. The van der Waals surface area contributed by atoms with Crippen LogP contribution in [0, 0.1) is 0 Å². The second kappa shape index (κ2) is 5.19. The normalized spacial score (nSPS) is 17.6. The maximum Gasteiger partial charge on any atom is 0.124 e. The lowest BCUT2D eigenvalue weighted by molar-refractivity contribution is 0.310. The van der Waals surface area contributed by atoms with E-state index in [1.54, 1.807) is 0 Å². The summed E-state index contributed by atoms with van der Waals surface area (Å²) >= 11 is 0. The van der Waals surface area contributed by atoms with Crippen LogP contribution in [0.15, 0.2) is 30.5 Å². The van der Waals surface area contributed by atoms with Crippen LogP contribution >= 0.6 is 0 Å². The molecule has 0 radical (unpaired) electrons. The number of nitrogens with zero attached hydrogens (tertiary/aromatic N) is 2. The number of fused-ring (bicyclic) bond motifs is 1. The maximum absolute atomic E-state index is 5.72. The SMILES string of the molecule is Cn1cc(CNC2COc3ccccc32)c(C(C)(C)C)n1. The van der Waals surface area contributed by atoms with Gasteiger partial charge in [-0.1, -0.05) is 39.0 Å². The average molecular weight is 285 g/mol. The monoisotopic (exact) mass is 285 g/mol. The summed E-state index contributed by atoms with van der Waals surface area (Å²) in [6.45, 7) is 8.11. The topological polar surface area (TPSA) is 39.1 Å². The lowest BCUT2D eigenvalue weighted by Crippen LogP contribution is -2.24. The van der Waals surface area contributed by atoms with Crippen LogP contribution < -0.4 is 10.1 Å². The van der Waals surface area contributed by atoms with Crippen LogP contribution in [0.25, 0.3) is 0 Å². The molecule has 4 nitrogen and oxygen atoms in total. The molecule has 0 aliphatic carbocycles. The molecular formula is C17H23N3O. The average Bonchev–Trinajstić information content (AvgIpc) is 2.99. The van der Waals surface area contributed by atoms with Gasteiger partial charge in [0.2, 0.25) is 0 Å². The first kappa shape index (κ1) is 14.1. The Morgan fingerprint density at radius 3 is 2.86 bits per heavy atom. The maximum atomic E-state index is 5.72. The van der Waals surface area contributed by atoms with Crippen molar-refractivity contribution < 1.29 is 4.74 Å². The minimum atomic E-state index is 0.0579. The van der Waals surface area contributed by atoms with Crippen molar-refractivity contribution in [2.75, 3.05) is 6.61 Å². The number of nitrogens with one attached hydrogen (secondary N) is 1. The van der Waals surface area contributed by atoms with Crippen LogP contribution in [0.2, 0.25) is 0 Å². The van der Waals surface area contributed by atoms with Crippen LogP contribution in [-0.2, 0) is 19.0 Å². The minimum Gasteiger partial charge on any atom is -0.491 e. The molecule has 4 heteroatoms. The molecular weight excluding hydrogens is 262 g/mol. The molecule has 1 atom stereocenters. The Balaban J connectivity index is 1.75. The van der Waals surface area contributed by atoms with Crippen molar-refractivity contribution in [1.29, 1.82) is 0 Å². The fourth-order valence-corrected chi connectivity index (χ4v) is 2.86. The molecule has 3 rings (SSSR count). The molecule has 112 valence electrons. The van der Waals surface area contributed by atoms with Crippen LogP contribution in [0.4, 0.5) is 0 Å². The number of ether oxygens (including phenoxy) is 1. The Morgan fingerprint density at radius 2 is 2.10 bits per heavy atom. The molecule has 1 aromatic carbocycles. The summed E-state index contributed by atoms with van der Waals surface area (Å²) in [4.78, 5) is 0. The summed E-state index contributed by atoms with van der Waals surface area (Å²) in [5.74, 6) is 0.997. The smallest absolute Gasteiger partial charge is 0.124 e. The molecule has 1 aliphatic rings. The van der Waals surface area contributed by atoms with Gasteiger partial charge in [0.1, 0.15) is 12.4 Å². The van der Waals surface area contributed by atoms with Gasteiger partial charge in [-0.15, -0.1) is 0 Å². The van der Waals surface area contributed by atoms with Gasteiger partial charge in [-0.2, -0.15) is 5.10 Å². The number of para-hydroxylation sites is 1. The largest absolute Gasteiger partial charge is 0.491 e. The molecule has 0 amide bonds. The highest BCUT2D eigenvalue weighted by Crippen LogP contribution is 2.32. The van der Waals surface area contributed by atoms with E-state index in [1.807, 2.05) is 23.9 Å². The van der Waals surface area contributed by atoms with E-state index >= 15 is 0 Å². The van der Waals surface area contributed by atoms with Gasteiger partial charge >= 0.3 is 0 Å². The van der Waals surface area contributed by atoms with Gasteiger partial charge in [-0.05, 0) is 6.07 Å². The van der Waals surface area contributed by atoms with Crippen LogP contribution in [-0.4, -0.2) is 16.4 Å². The molecule has 1 unspecified atom stereocenters. The third-order valence-corrected chi connectivity index (χ3v) is 3.85. The predicted octanol–water partition coefficient (Wildman–Crippen LogP) is 2.94. The molecule has 2 aromatic rings. The van der Waals surface area contributed by atoms with E-state index in [2.05, 4.69) is 49.5 Å². The first-order chi connectivity index (χ1) is 9.95. The van der Waals surface area contributed by atoms with E-state index in [-0.39, 0.29) is 11.5 Å². The van der Waals surface area contributed by atoms with E-state index < -0.39 is 0 Å². The second-order valence-electron chi connectivity index (χ2n) is 6.71. The van der Waals surface area contributed by atoms with Gasteiger partial charge in [0.25, 0.3) is 0 Å². The standard InChI is InChI=1S/C17H23N3O/c1-17(2,3)16-12(10-20(4)19-16)9-18-14-11-21-15-8-6-5-7-13(14)15/h5-8,10,14,18H,9,11H2,1-4H3. The fraction of sp³-hybridized carbons (Fsp3) is 0.471. The third kappa shape index (κ3) is 2.81. The summed E-state index contributed by atoms with van der Waals surface area (Å²) in [5, 5.41) is 8.22. The van der Waals surface area contributed by atoms with E-state index in [1.165, 1.54) is 11.1 Å². The highest BCUT2D eigenvalue weighted by molar-refractivity contribution is 5.39. The highest BCUT2D eigenvalue weighted by Gasteiger charge is 2.25. The lowest BCUT2D eigenvalue weighted by Gasteiger charge is -2.18. The molecule has 0 saturated heterocycles. The van der Waals surface area contributed by atoms with Gasteiger partial charge < -0.3 is 10.1 Å². The molecule has 1 aliphatic heterocycles. The van der Waals surface area contributed by atoms with Crippen molar-refractivity contribution in [2.45, 2.75) is 38.8 Å². The Bertz CT molecular complexity index is 640. The third-order valence-electron chi connectivity index (χ3n) is 3.85. The summed E-state index contributed by atoms with van der Waals surface area (Å²) in [5.41, 5.74) is 3.72. The predicted molar refractivity (Wildman–Crippen MR) is 83.4 cm³/mol. The van der Waals surface area contributed by atoms with Crippen LogP contribution in [0.5, 0.6) is 5.75 Å². The fourth-order valence-electron chi connectivity index (χ4n) is 2.86. The van der Waals surface area contributed by atoms with Crippen molar-refractivity contribution in [3.63, 3.8) is 0 Å². The number of rotatable bonds is 3. The molecule has 1 aromatic heterocycles. The quantitative estimate of drug-likeness (QED) is 0.942. The highest BCUT2D eigenvalue weighted by atomic mass is 16.5. The molecule has 0 spiro atoms. The van der Waals surface area contributed by atoms with Gasteiger partial charge in [-0.3, -0.25) is 4.68 Å². The van der Waals surface area contributed by atoms with E-state index in [4.69, 9.17) is 4.74 Å². The number of hydrogen-bond donors (Lipinski definition) is 1. The van der Waals surface area contributed by atoms with Crippen LogP contribution in [0.1, 0.15) is 43.6 Å². The molecule has 0 bridgehead atoms. The Hall–Kier alpha value is -1.81. The van der Waals surface area contributed by atoms with Crippen molar-refractivity contribution in [3.05, 3.63) is 47.3 Å². The first-order valence-electron chi connectivity index (χ1n) is 7.43. The van der Waals surface area contributed by atoms with Crippen molar-refractivity contribution in [1.82, 2.24) is 15.1 Å². The second-order valence-corrected chi connectivity index (χ2v) is 6.71. The molecule has 21 heavy (non-hydrogen) atoms. The number of hydrogen-bond acceptors (Lipinski definition) is 3. The Labute approximate surface area is 126 Å². The lowest BCUT2D eigenvalue weighted by atomic mass is 9.89. The van der Waals surface area contributed by atoms with Gasteiger partial charge in [0, 0.05) is 36.3 Å². The zero-order valence-corrected chi connectivity index (χ0v) is 13.2. The van der Waals surface area contributed by atoms with Crippen molar-refractivity contribution in [2.24, 2.45) is 7.05 Å². The number of aryl methyl sites for hydroxylation is 1. The molecule has 1 N–H and O–H groups in total. The summed E-state index contributed by atoms with van der Waals surface area (Å²) in [7, 11) is 1.98. The Kier molecular flexibility index (Phi) is 3.49. The first-order valence-corrected chi connectivity index (χ1v) is 7.43. The van der Waals surface area contributed by atoms with Crippen molar-refractivity contribution in [3.8, 4) is 5.75 Å².